The minimum Gasteiger partial charge on any atom is -0.465 e. The molecule has 2 amide bonds. The standard InChI is InChI=1S/C37H33ClN6O5/c1-21-25(22-13-16-43-32(17-22)39-18-23(20-45)36(43)47)5-3-6-26(21)27-7-4-8-28(34(27)38)30-11-10-29-31(14-15-42(2)35(29)41-30)44(37(48)49)19-24-9-12-33(46)40-24/h3-8,10-11,13,16-18,20,24,31H,9,12,14-15,19H2,1-2H3,(H,40,46)(H,48,49)/t24-,31?/m0/s1. The molecule has 1 saturated heterocycles. The monoisotopic (exact) mass is 676 g/mol. The van der Waals surface area contributed by atoms with E-state index in [2.05, 4.69) is 10.3 Å². The quantitative estimate of drug-likeness (QED) is 0.200. The zero-order chi connectivity index (χ0) is 34.4. The van der Waals surface area contributed by atoms with Gasteiger partial charge in [-0.05, 0) is 60.2 Å². The maximum atomic E-state index is 12.6. The van der Waals surface area contributed by atoms with Gasteiger partial charge in [0.05, 0.1) is 22.3 Å². The molecule has 0 radical (unpaired) electrons. The molecule has 248 valence electrons. The lowest BCUT2D eigenvalue weighted by Crippen LogP contribution is -2.45. The normalized spacial score (nSPS) is 17.1. The fraction of sp³-hybridized carbons (Fsp3) is 0.243. The number of carbonyl (C=O) groups is 3. The number of hydrogen-bond acceptors (Lipinski definition) is 7. The van der Waals surface area contributed by atoms with Crippen molar-refractivity contribution in [1.82, 2.24) is 24.6 Å². The molecule has 12 heteroatoms. The van der Waals surface area contributed by atoms with Crippen molar-refractivity contribution in [2.75, 3.05) is 25.0 Å². The second-order valence-electron chi connectivity index (χ2n) is 12.5. The Balaban J connectivity index is 1.23. The molecular weight excluding hydrogens is 644 g/mol. The molecule has 5 aromatic rings. The van der Waals surface area contributed by atoms with E-state index < -0.39 is 17.7 Å². The molecule has 0 bridgehead atoms. The number of hydrogen-bond donors (Lipinski definition) is 2. The number of halogens is 1. The minimum absolute atomic E-state index is 0.00401. The van der Waals surface area contributed by atoms with Gasteiger partial charge in [-0.2, -0.15) is 0 Å². The first-order chi connectivity index (χ1) is 23.6. The second kappa shape index (κ2) is 12.8. The molecule has 2 atom stereocenters. The Bertz CT molecular complexity index is 2220. The molecule has 1 unspecified atom stereocenters. The number of pyridine rings is 2. The summed E-state index contributed by atoms with van der Waals surface area (Å²) in [5.41, 5.74) is 6.76. The third-order valence-corrected chi connectivity index (χ3v) is 9.97. The van der Waals surface area contributed by atoms with E-state index in [1.165, 1.54) is 15.5 Å². The molecule has 0 aliphatic carbocycles. The zero-order valence-electron chi connectivity index (χ0n) is 26.9. The Hall–Kier alpha value is -5.55. The fourth-order valence-electron chi connectivity index (χ4n) is 6.98. The van der Waals surface area contributed by atoms with Crippen LogP contribution in [0.5, 0.6) is 0 Å². The number of rotatable bonds is 7. The summed E-state index contributed by atoms with van der Waals surface area (Å²) in [5.74, 6) is 0.643. The van der Waals surface area contributed by atoms with Crippen LogP contribution in [0.3, 0.4) is 0 Å². The van der Waals surface area contributed by atoms with Gasteiger partial charge in [-0.15, -0.1) is 0 Å². The molecule has 5 heterocycles. The molecule has 7 rings (SSSR count). The smallest absolute Gasteiger partial charge is 0.407 e. The molecule has 0 spiro atoms. The van der Waals surface area contributed by atoms with Gasteiger partial charge in [0.1, 0.15) is 11.5 Å². The van der Waals surface area contributed by atoms with E-state index in [-0.39, 0.29) is 24.1 Å². The largest absolute Gasteiger partial charge is 0.465 e. The summed E-state index contributed by atoms with van der Waals surface area (Å²) >= 11 is 7.17. The summed E-state index contributed by atoms with van der Waals surface area (Å²) in [6.07, 6.45) is 4.01. The van der Waals surface area contributed by atoms with Crippen LogP contribution >= 0.6 is 11.6 Å². The fourth-order valence-corrected chi connectivity index (χ4v) is 7.31. The number of aromatic nitrogens is 3. The molecule has 0 saturated carbocycles. The summed E-state index contributed by atoms with van der Waals surface area (Å²) in [7, 11) is 1.95. The molecular formula is C37H33ClN6O5. The maximum Gasteiger partial charge on any atom is 0.407 e. The summed E-state index contributed by atoms with van der Waals surface area (Å²) in [6.45, 7) is 2.86. The van der Waals surface area contributed by atoms with Crippen molar-refractivity contribution in [1.29, 1.82) is 0 Å². The number of anilines is 1. The van der Waals surface area contributed by atoms with Crippen molar-refractivity contribution >= 4 is 41.4 Å². The predicted molar refractivity (Wildman–Crippen MR) is 187 cm³/mol. The third-order valence-electron chi connectivity index (χ3n) is 9.56. The number of carboxylic acid groups (broad SMARTS) is 1. The van der Waals surface area contributed by atoms with Crippen molar-refractivity contribution in [3.05, 3.63) is 105 Å². The van der Waals surface area contributed by atoms with Crippen LogP contribution in [0.4, 0.5) is 10.6 Å². The topological polar surface area (TPSA) is 137 Å². The number of amides is 2. The van der Waals surface area contributed by atoms with Gasteiger partial charge < -0.3 is 15.3 Å². The van der Waals surface area contributed by atoms with E-state index in [0.717, 1.165) is 38.9 Å². The van der Waals surface area contributed by atoms with Crippen LogP contribution < -0.4 is 15.8 Å². The number of carbonyl (C=O) groups excluding carboxylic acids is 2. The molecule has 2 N–H and O–H groups in total. The van der Waals surface area contributed by atoms with Gasteiger partial charge >= 0.3 is 6.09 Å². The lowest BCUT2D eigenvalue weighted by Gasteiger charge is -2.38. The summed E-state index contributed by atoms with van der Waals surface area (Å²) < 4.78 is 1.35. The van der Waals surface area contributed by atoms with E-state index in [9.17, 15) is 24.3 Å². The van der Waals surface area contributed by atoms with Crippen LogP contribution in [0, 0.1) is 6.92 Å². The van der Waals surface area contributed by atoms with E-state index >= 15 is 0 Å². The predicted octanol–water partition coefficient (Wildman–Crippen LogP) is 6.00. The molecule has 3 aromatic heterocycles. The minimum atomic E-state index is -1.03. The van der Waals surface area contributed by atoms with Crippen LogP contribution in [0.1, 0.15) is 46.8 Å². The SMILES string of the molecule is Cc1c(-c2ccn3c(=O)c(C=O)cnc3c2)cccc1-c1cccc(-c2ccc3c(n2)N(C)CCC3N(C[C@@H]2CCC(=O)N2)C(=O)O)c1Cl. The van der Waals surface area contributed by atoms with Gasteiger partial charge in [-0.3, -0.25) is 23.7 Å². The summed E-state index contributed by atoms with van der Waals surface area (Å²) in [6, 6.07) is 18.7. The second-order valence-corrected chi connectivity index (χ2v) is 12.9. The van der Waals surface area contributed by atoms with Gasteiger partial charge in [0.25, 0.3) is 5.56 Å². The first kappa shape index (κ1) is 32.0. The molecule has 2 aliphatic rings. The Morgan fingerprint density at radius 2 is 1.82 bits per heavy atom. The number of nitrogens with zero attached hydrogens (tertiary/aromatic N) is 5. The van der Waals surface area contributed by atoms with Crippen LogP contribution in [-0.2, 0) is 4.79 Å². The average molecular weight is 677 g/mol. The van der Waals surface area contributed by atoms with Crippen molar-refractivity contribution in [2.24, 2.45) is 0 Å². The Labute approximate surface area is 286 Å². The van der Waals surface area contributed by atoms with Crippen molar-refractivity contribution < 1.29 is 19.5 Å². The van der Waals surface area contributed by atoms with Crippen molar-refractivity contribution in [2.45, 2.75) is 38.3 Å². The molecule has 49 heavy (non-hydrogen) atoms. The number of nitrogens with one attached hydrogen (secondary N) is 1. The molecule has 2 aromatic carbocycles. The summed E-state index contributed by atoms with van der Waals surface area (Å²) in [5, 5.41) is 13.6. The Morgan fingerprint density at radius 1 is 1.06 bits per heavy atom. The van der Waals surface area contributed by atoms with Gasteiger partial charge in [-0.1, -0.05) is 54.1 Å². The highest BCUT2D eigenvalue weighted by molar-refractivity contribution is 6.36. The van der Waals surface area contributed by atoms with Crippen LogP contribution in [0.2, 0.25) is 5.02 Å². The number of fused-ring (bicyclic) bond motifs is 2. The average Bonchev–Trinajstić information content (AvgIpc) is 3.52. The number of benzene rings is 2. The van der Waals surface area contributed by atoms with E-state index in [1.807, 2.05) is 79.5 Å². The van der Waals surface area contributed by atoms with Gasteiger partial charge in [0, 0.05) is 61.7 Å². The first-order valence-electron chi connectivity index (χ1n) is 16.0. The van der Waals surface area contributed by atoms with Crippen LogP contribution in [-0.4, -0.2) is 68.8 Å². The Kier molecular flexibility index (Phi) is 8.37. The molecule has 2 aliphatic heterocycles. The van der Waals surface area contributed by atoms with Gasteiger partial charge in [0.2, 0.25) is 5.91 Å². The third kappa shape index (κ3) is 5.80. The van der Waals surface area contributed by atoms with Crippen LogP contribution in [0.25, 0.3) is 39.2 Å². The lowest BCUT2D eigenvalue weighted by atomic mass is 9.91. The number of aldehydes is 1. The first-order valence-corrected chi connectivity index (χ1v) is 16.4. The van der Waals surface area contributed by atoms with E-state index in [0.29, 0.717) is 54.3 Å². The van der Waals surface area contributed by atoms with E-state index in [4.69, 9.17) is 16.6 Å². The Morgan fingerprint density at radius 3 is 2.55 bits per heavy atom. The van der Waals surface area contributed by atoms with Gasteiger partial charge in [-0.25, -0.2) is 14.8 Å². The van der Waals surface area contributed by atoms with E-state index in [1.54, 1.807) is 6.20 Å². The zero-order valence-corrected chi connectivity index (χ0v) is 27.6. The highest BCUT2D eigenvalue weighted by Gasteiger charge is 2.35. The molecule has 11 nitrogen and oxygen atoms in total. The highest BCUT2D eigenvalue weighted by Crippen LogP contribution is 2.42. The van der Waals surface area contributed by atoms with Crippen molar-refractivity contribution in [3.8, 4) is 33.5 Å². The van der Waals surface area contributed by atoms with Crippen LogP contribution in [0.15, 0.2) is 77.9 Å². The van der Waals surface area contributed by atoms with Gasteiger partial charge in [0.15, 0.2) is 6.29 Å². The molecule has 1 fully saturated rings. The highest BCUT2D eigenvalue weighted by atomic mass is 35.5. The van der Waals surface area contributed by atoms with Crippen molar-refractivity contribution in [3.63, 3.8) is 0 Å². The summed E-state index contributed by atoms with van der Waals surface area (Å²) in [4.78, 5) is 60.8. The maximum absolute atomic E-state index is 12.6. The lowest BCUT2D eigenvalue weighted by molar-refractivity contribution is -0.119.